The summed E-state index contributed by atoms with van der Waals surface area (Å²) >= 11 is 0. The maximum atomic E-state index is 14.1. The Hall–Kier alpha value is -2.26. The Morgan fingerprint density at radius 1 is 1.27 bits per heavy atom. The molecule has 0 unspecified atom stereocenters. The third-order valence-corrected chi connectivity index (χ3v) is 7.59. The fourth-order valence-corrected chi connectivity index (χ4v) is 5.19. The Labute approximate surface area is 177 Å². The molecule has 0 spiro atoms. The lowest BCUT2D eigenvalue weighted by atomic mass is 9.84. The molecule has 164 valence electrons. The number of piperidine rings is 1. The zero-order valence-electron chi connectivity index (χ0n) is 17.9. The van der Waals surface area contributed by atoms with E-state index in [2.05, 4.69) is 10.3 Å². The van der Waals surface area contributed by atoms with Gasteiger partial charge in [-0.2, -0.15) is 4.31 Å². The number of hydrogen-bond acceptors (Lipinski definition) is 4. The van der Waals surface area contributed by atoms with E-state index < -0.39 is 15.4 Å². The molecule has 30 heavy (non-hydrogen) atoms. The van der Waals surface area contributed by atoms with Gasteiger partial charge in [0.25, 0.3) is 10.0 Å². The van der Waals surface area contributed by atoms with Crippen molar-refractivity contribution in [2.24, 2.45) is 13.0 Å². The third-order valence-electron chi connectivity index (χ3n) is 5.82. The van der Waals surface area contributed by atoms with Gasteiger partial charge < -0.3 is 9.88 Å². The second-order valence-electron chi connectivity index (χ2n) is 8.50. The lowest BCUT2D eigenvalue weighted by molar-refractivity contribution is -0.126. The minimum absolute atomic E-state index is 0.0389. The molecule has 0 atom stereocenters. The molecular formula is C21H29FN4O3S. The standard InChI is InChI=1S/C21H29FN4O3S/c1-15-24-19(13-25(15)4)30(28,29)26-11-9-16(10-12-26)20(27)23-14-21(2,3)17-7-5-6-8-18(17)22/h5-8,13,16H,9-12,14H2,1-4H3,(H,23,27). The molecule has 2 aromatic rings. The molecule has 0 radical (unpaired) electrons. The zero-order valence-corrected chi connectivity index (χ0v) is 18.7. The maximum Gasteiger partial charge on any atom is 0.262 e. The quantitative estimate of drug-likeness (QED) is 0.754. The number of imidazole rings is 1. The molecule has 1 aliphatic heterocycles. The smallest absolute Gasteiger partial charge is 0.262 e. The molecule has 0 saturated carbocycles. The van der Waals surface area contributed by atoms with Crippen molar-refractivity contribution in [3.63, 3.8) is 0 Å². The van der Waals surface area contributed by atoms with Crippen molar-refractivity contribution >= 4 is 15.9 Å². The van der Waals surface area contributed by atoms with Gasteiger partial charge in [-0.3, -0.25) is 4.79 Å². The van der Waals surface area contributed by atoms with E-state index in [1.165, 1.54) is 16.6 Å². The average Bonchev–Trinajstić information content (AvgIpc) is 3.06. The van der Waals surface area contributed by atoms with Gasteiger partial charge in [0.1, 0.15) is 11.6 Å². The van der Waals surface area contributed by atoms with Crippen LogP contribution < -0.4 is 5.32 Å². The molecule has 1 amide bonds. The van der Waals surface area contributed by atoms with E-state index in [0.29, 0.717) is 30.8 Å². The van der Waals surface area contributed by atoms with Gasteiger partial charge in [-0.15, -0.1) is 0 Å². The normalized spacial score (nSPS) is 16.6. The van der Waals surface area contributed by atoms with Crippen LogP contribution in [0.5, 0.6) is 0 Å². The second kappa shape index (κ2) is 8.47. The molecule has 1 saturated heterocycles. The number of sulfonamides is 1. The molecule has 2 heterocycles. The molecule has 0 bridgehead atoms. The summed E-state index contributed by atoms with van der Waals surface area (Å²) in [6, 6.07) is 6.56. The molecule has 1 N–H and O–H groups in total. The van der Waals surface area contributed by atoms with Crippen molar-refractivity contribution in [3.8, 4) is 0 Å². The van der Waals surface area contributed by atoms with E-state index in [-0.39, 0.29) is 35.8 Å². The van der Waals surface area contributed by atoms with Crippen LogP contribution in [0.4, 0.5) is 4.39 Å². The highest BCUT2D eigenvalue weighted by Crippen LogP contribution is 2.26. The highest BCUT2D eigenvalue weighted by atomic mass is 32.2. The van der Waals surface area contributed by atoms with Crippen LogP contribution in [0.1, 0.15) is 38.1 Å². The zero-order chi connectivity index (χ0) is 22.1. The highest BCUT2D eigenvalue weighted by molar-refractivity contribution is 7.89. The Morgan fingerprint density at radius 2 is 1.90 bits per heavy atom. The summed E-state index contributed by atoms with van der Waals surface area (Å²) in [6.07, 6.45) is 2.39. The second-order valence-corrected chi connectivity index (χ2v) is 10.4. The van der Waals surface area contributed by atoms with E-state index in [1.807, 2.05) is 13.8 Å². The summed E-state index contributed by atoms with van der Waals surface area (Å²) in [5, 5.41) is 2.96. The van der Waals surface area contributed by atoms with Crippen molar-refractivity contribution in [2.75, 3.05) is 19.6 Å². The topological polar surface area (TPSA) is 84.3 Å². The number of amides is 1. The minimum atomic E-state index is -3.66. The number of carbonyl (C=O) groups is 1. The van der Waals surface area contributed by atoms with Crippen molar-refractivity contribution in [3.05, 3.63) is 47.7 Å². The molecule has 1 aromatic carbocycles. The Kier molecular flexibility index (Phi) is 6.33. The highest BCUT2D eigenvalue weighted by Gasteiger charge is 2.34. The minimum Gasteiger partial charge on any atom is -0.355 e. The van der Waals surface area contributed by atoms with Crippen molar-refractivity contribution < 1.29 is 17.6 Å². The first-order valence-electron chi connectivity index (χ1n) is 10.1. The monoisotopic (exact) mass is 436 g/mol. The number of nitrogens with zero attached hydrogens (tertiary/aromatic N) is 3. The van der Waals surface area contributed by atoms with Crippen LogP contribution >= 0.6 is 0 Å². The largest absolute Gasteiger partial charge is 0.355 e. The molecule has 9 heteroatoms. The van der Waals surface area contributed by atoms with Gasteiger partial charge in [0, 0.05) is 44.2 Å². The van der Waals surface area contributed by atoms with Gasteiger partial charge in [-0.1, -0.05) is 32.0 Å². The number of rotatable bonds is 6. The molecule has 1 aromatic heterocycles. The fraction of sp³-hybridized carbons (Fsp3) is 0.524. The van der Waals surface area contributed by atoms with Crippen LogP contribution in [0.3, 0.4) is 0 Å². The summed E-state index contributed by atoms with van der Waals surface area (Å²) in [5.74, 6) is -0.0520. The number of hydrogen-bond donors (Lipinski definition) is 1. The summed E-state index contributed by atoms with van der Waals surface area (Å²) in [6.45, 7) is 6.36. The summed E-state index contributed by atoms with van der Waals surface area (Å²) in [7, 11) is -1.91. The van der Waals surface area contributed by atoms with Crippen molar-refractivity contribution in [1.29, 1.82) is 0 Å². The number of benzene rings is 1. The average molecular weight is 437 g/mol. The van der Waals surface area contributed by atoms with Gasteiger partial charge in [0.2, 0.25) is 5.91 Å². The third kappa shape index (κ3) is 4.57. The molecular weight excluding hydrogens is 407 g/mol. The number of nitrogens with one attached hydrogen (secondary N) is 1. The summed E-state index contributed by atoms with van der Waals surface area (Å²) in [5.41, 5.74) is -0.00103. The van der Waals surface area contributed by atoms with Crippen LogP contribution in [-0.4, -0.2) is 47.8 Å². The Morgan fingerprint density at radius 3 is 2.47 bits per heavy atom. The van der Waals surface area contributed by atoms with Crippen LogP contribution in [0.2, 0.25) is 0 Å². The SMILES string of the molecule is Cc1nc(S(=O)(=O)N2CCC(C(=O)NCC(C)(C)c3ccccc3F)CC2)cn1C. The Bertz CT molecular complexity index is 1010. The van der Waals surface area contributed by atoms with Gasteiger partial charge in [-0.05, 0) is 31.4 Å². The summed E-state index contributed by atoms with van der Waals surface area (Å²) < 4.78 is 42.7. The fourth-order valence-electron chi connectivity index (χ4n) is 3.70. The molecule has 3 rings (SSSR count). The molecule has 7 nitrogen and oxygen atoms in total. The molecule has 1 fully saturated rings. The van der Waals surface area contributed by atoms with Crippen LogP contribution in [-0.2, 0) is 27.3 Å². The van der Waals surface area contributed by atoms with E-state index >= 15 is 0 Å². The number of halogens is 1. The first-order chi connectivity index (χ1) is 14.0. The summed E-state index contributed by atoms with van der Waals surface area (Å²) in [4.78, 5) is 16.8. The molecule has 1 aliphatic rings. The number of aryl methyl sites for hydroxylation is 2. The lowest BCUT2D eigenvalue weighted by Crippen LogP contribution is -2.45. The Balaban J connectivity index is 1.57. The van der Waals surface area contributed by atoms with Gasteiger partial charge in [0.15, 0.2) is 5.03 Å². The van der Waals surface area contributed by atoms with Crippen molar-refractivity contribution in [1.82, 2.24) is 19.2 Å². The van der Waals surface area contributed by atoms with Gasteiger partial charge in [0.05, 0.1) is 0 Å². The van der Waals surface area contributed by atoms with Gasteiger partial charge >= 0.3 is 0 Å². The van der Waals surface area contributed by atoms with Crippen LogP contribution in [0, 0.1) is 18.7 Å². The van der Waals surface area contributed by atoms with Crippen LogP contribution in [0.15, 0.2) is 35.5 Å². The predicted molar refractivity (Wildman–Crippen MR) is 112 cm³/mol. The van der Waals surface area contributed by atoms with E-state index in [9.17, 15) is 17.6 Å². The first kappa shape index (κ1) is 22.4. The number of aromatic nitrogens is 2. The lowest BCUT2D eigenvalue weighted by Gasteiger charge is -2.31. The first-order valence-corrected chi connectivity index (χ1v) is 11.5. The van der Waals surface area contributed by atoms with E-state index in [1.54, 1.807) is 36.7 Å². The van der Waals surface area contributed by atoms with Crippen LogP contribution in [0.25, 0.3) is 0 Å². The van der Waals surface area contributed by atoms with E-state index in [4.69, 9.17) is 0 Å². The van der Waals surface area contributed by atoms with Crippen molar-refractivity contribution in [2.45, 2.75) is 44.1 Å². The number of carbonyl (C=O) groups excluding carboxylic acids is 1. The predicted octanol–water partition coefficient (Wildman–Crippen LogP) is 2.36. The molecule has 0 aliphatic carbocycles. The van der Waals surface area contributed by atoms with Gasteiger partial charge in [-0.25, -0.2) is 17.8 Å². The maximum absolute atomic E-state index is 14.1. The van der Waals surface area contributed by atoms with E-state index in [0.717, 1.165) is 0 Å².